The van der Waals surface area contributed by atoms with Crippen LogP contribution in [0.4, 0.5) is 13.2 Å². The Hall–Kier alpha value is -0.940. The van der Waals surface area contributed by atoms with Crippen molar-refractivity contribution in [3.8, 4) is 0 Å². The number of rotatable bonds is 2. The Bertz CT molecular complexity index is 481. The molecule has 0 saturated heterocycles. The molecule has 1 aromatic carbocycles. The molecule has 2 atom stereocenters. The van der Waals surface area contributed by atoms with Crippen LogP contribution < -0.4 is 0 Å². The van der Waals surface area contributed by atoms with Gasteiger partial charge < -0.3 is 5.11 Å². The Kier molecular flexibility index (Phi) is 2.78. The number of benzene rings is 1. The van der Waals surface area contributed by atoms with E-state index < -0.39 is 39.6 Å². The maximum absolute atomic E-state index is 13.0. The van der Waals surface area contributed by atoms with E-state index in [2.05, 4.69) is 0 Å². The molecule has 2 unspecified atom stereocenters. The van der Waals surface area contributed by atoms with Crippen molar-refractivity contribution in [2.24, 2.45) is 5.92 Å². The molecule has 7 heteroatoms. The first-order valence-corrected chi connectivity index (χ1v) is 5.27. The Morgan fingerprint density at radius 3 is 2.06 bits per heavy atom. The summed E-state index contributed by atoms with van der Waals surface area (Å²) < 4.78 is 37.0. The van der Waals surface area contributed by atoms with Crippen molar-refractivity contribution in [1.29, 1.82) is 0 Å². The zero-order valence-electron chi connectivity index (χ0n) is 8.05. The molecule has 1 saturated carbocycles. The van der Waals surface area contributed by atoms with Crippen molar-refractivity contribution in [1.82, 2.24) is 0 Å². The second kappa shape index (κ2) is 3.78. The maximum Gasteiger partial charge on any atom is 0.310 e. The molecule has 1 aliphatic carbocycles. The molecule has 17 heavy (non-hydrogen) atoms. The summed E-state index contributed by atoms with van der Waals surface area (Å²) >= 11 is 11.4. The quantitative estimate of drug-likeness (QED) is 0.669. The molecule has 0 heterocycles. The van der Waals surface area contributed by atoms with E-state index in [-0.39, 0.29) is 5.56 Å². The Morgan fingerprint density at radius 1 is 1.24 bits per heavy atom. The molecule has 0 amide bonds. The molecule has 0 spiro atoms. The van der Waals surface area contributed by atoms with Gasteiger partial charge in [0.05, 0.1) is 5.92 Å². The molecule has 1 aliphatic rings. The van der Waals surface area contributed by atoms with Crippen LogP contribution in [0, 0.1) is 23.4 Å². The molecular weight excluding hydrogens is 280 g/mol. The maximum atomic E-state index is 13.0. The molecule has 1 fully saturated rings. The van der Waals surface area contributed by atoms with E-state index in [1.54, 1.807) is 0 Å². The summed E-state index contributed by atoms with van der Waals surface area (Å²) in [5.74, 6) is -7.80. The van der Waals surface area contributed by atoms with Crippen LogP contribution in [0.15, 0.2) is 12.1 Å². The predicted molar refractivity (Wildman–Crippen MR) is 54.6 cm³/mol. The molecule has 1 N–H and O–H groups in total. The fraction of sp³-hybridized carbons (Fsp3) is 0.300. The normalized spacial score (nSPS) is 25.7. The average molecular weight is 285 g/mol. The SMILES string of the molecule is O=C(O)C1C(c2cc(F)c(F)c(F)c2)C1(Cl)Cl. The van der Waals surface area contributed by atoms with Crippen LogP contribution in [-0.2, 0) is 4.79 Å². The minimum Gasteiger partial charge on any atom is -0.481 e. The van der Waals surface area contributed by atoms with Crippen molar-refractivity contribution < 1.29 is 23.1 Å². The molecule has 2 nitrogen and oxygen atoms in total. The topological polar surface area (TPSA) is 37.3 Å². The fourth-order valence-electron chi connectivity index (χ4n) is 1.80. The van der Waals surface area contributed by atoms with Crippen LogP contribution in [0.25, 0.3) is 0 Å². The third-order valence-electron chi connectivity index (χ3n) is 2.68. The Balaban J connectivity index is 2.41. The summed E-state index contributed by atoms with van der Waals surface area (Å²) in [6, 6.07) is 1.40. The summed E-state index contributed by atoms with van der Waals surface area (Å²) in [5.41, 5.74) is -0.0706. The van der Waals surface area contributed by atoms with Crippen LogP contribution in [0.5, 0.6) is 0 Å². The first kappa shape index (κ1) is 12.5. The molecule has 0 bridgehead atoms. The summed E-state index contributed by atoms with van der Waals surface area (Å²) in [6.07, 6.45) is 0. The lowest BCUT2D eigenvalue weighted by Crippen LogP contribution is -2.03. The largest absolute Gasteiger partial charge is 0.481 e. The second-order valence-corrected chi connectivity index (χ2v) is 5.21. The lowest BCUT2D eigenvalue weighted by Gasteiger charge is -2.02. The molecule has 92 valence electrons. The van der Waals surface area contributed by atoms with Crippen LogP contribution in [0.2, 0.25) is 0 Å². The highest BCUT2D eigenvalue weighted by Crippen LogP contribution is 2.65. The van der Waals surface area contributed by atoms with Gasteiger partial charge in [0.2, 0.25) is 0 Å². The van der Waals surface area contributed by atoms with Gasteiger partial charge in [0.15, 0.2) is 17.5 Å². The van der Waals surface area contributed by atoms with Gasteiger partial charge >= 0.3 is 5.97 Å². The highest BCUT2D eigenvalue weighted by Gasteiger charge is 2.68. The lowest BCUT2D eigenvalue weighted by molar-refractivity contribution is -0.138. The van der Waals surface area contributed by atoms with Gasteiger partial charge in [-0.1, -0.05) is 23.2 Å². The van der Waals surface area contributed by atoms with Crippen molar-refractivity contribution in [3.05, 3.63) is 35.1 Å². The van der Waals surface area contributed by atoms with Crippen molar-refractivity contribution in [2.75, 3.05) is 0 Å². The van der Waals surface area contributed by atoms with Crippen LogP contribution in [0.1, 0.15) is 11.5 Å². The molecule has 0 aliphatic heterocycles. The van der Waals surface area contributed by atoms with Gasteiger partial charge in [-0.3, -0.25) is 4.79 Å². The van der Waals surface area contributed by atoms with Crippen LogP contribution in [-0.4, -0.2) is 15.4 Å². The summed E-state index contributed by atoms with van der Waals surface area (Å²) in [5, 5.41) is 8.78. The average Bonchev–Trinajstić information content (AvgIpc) is 2.77. The van der Waals surface area contributed by atoms with Gasteiger partial charge in [0, 0.05) is 5.92 Å². The highest BCUT2D eigenvalue weighted by atomic mass is 35.5. The minimum atomic E-state index is -1.62. The van der Waals surface area contributed by atoms with Crippen molar-refractivity contribution in [2.45, 2.75) is 10.3 Å². The van der Waals surface area contributed by atoms with E-state index in [0.29, 0.717) is 12.1 Å². The smallest absolute Gasteiger partial charge is 0.310 e. The number of hydrogen-bond acceptors (Lipinski definition) is 1. The molecular formula is C10H5Cl2F3O2. The fourth-order valence-corrected chi connectivity index (χ4v) is 2.62. The number of hydrogen-bond donors (Lipinski definition) is 1. The third kappa shape index (κ3) is 1.87. The second-order valence-electron chi connectivity index (χ2n) is 3.77. The lowest BCUT2D eigenvalue weighted by atomic mass is 10.1. The number of aliphatic carboxylic acids is 1. The summed E-state index contributed by atoms with van der Waals surface area (Å²) in [7, 11) is 0. The first-order chi connectivity index (χ1) is 7.76. The predicted octanol–water partition coefficient (Wildman–Crippen LogP) is 3.08. The molecule has 0 aromatic heterocycles. The van der Waals surface area contributed by atoms with Crippen molar-refractivity contribution in [3.63, 3.8) is 0 Å². The number of halogens is 5. The summed E-state index contributed by atoms with van der Waals surface area (Å²) in [6.45, 7) is 0. The standard InChI is InChI=1S/C10H5Cl2F3O2/c11-10(12)6(7(10)9(16)17)3-1-4(13)8(15)5(14)2-3/h1-2,6-7H,(H,16,17). The number of carboxylic acid groups (broad SMARTS) is 1. The number of carboxylic acids is 1. The third-order valence-corrected chi connectivity index (χ3v) is 3.63. The van der Waals surface area contributed by atoms with Crippen LogP contribution >= 0.6 is 23.2 Å². The van der Waals surface area contributed by atoms with E-state index in [0.717, 1.165) is 0 Å². The zero-order chi connectivity index (χ0) is 13.0. The first-order valence-electron chi connectivity index (χ1n) is 4.52. The van der Waals surface area contributed by atoms with Crippen molar-refractivity contribution >= 4 is 29.2 Å². The van der Waals surface area contributed by atoms with Crippen LogP contribution in [0.3, 0.4) is 0 Å². The zero-order valence-corrected chi connectivity index (χ0v) is 9.57. The van der Waals surface area contributed by atoms with E-state index in [1.165, 1.54) is 0 Å². The van der Waals surface area contributed by atoms with E-state index in [9.17, 15) is 18.0 Å². The van der Waals surface area contributed by atoms with E-state index in [1.807, 2.05) is 0 Å². The van der Waals surface area contributed by atoms with E-state index >= 15 is 0 Å². The van der Waals surface area contributed by atoms with Gasteiger partial charge in [-0.05, 0) is 17.7 Å². The van der Waals surface area contributed by atoms with Gasteiger partial charge in [0.1, 0.15) is 4.33 Å². The van der Waals surface area contributed by atoms with Gasteiger partial charge in [-0.15, -0.1) is 0 Å². The van der Waals surface area contributed by atoms with Gasteiger partial charge in [-0.2, -0.15) is 0 Å². The Labute approximate surface area is 104 Å². The monoisotopic (exact) mass is 284 g/mol. The molecule has 0 radical (unpaired) electrons. The summed E-state index contributed by atoms with van der Waals surface area (Å²) in [4.78, 5) is 10.8. The number of alkyl halides is 2. The number of carbonyl (C=O) groups is 1. The molecule has 1 aromatic rings. The highest BCUT2D eigenvalue weighted by molar-refractivity contribution is 6.53. The minimum absolute atomic E-state index is 0.0706. The van der Waals surface area contributed by atoms with Gasteiger partial charge in [-0.25, -0.2) is 13.2 Å². The molecule has 2 rings (SSSR count). The Morgan fingerprint density at radius 2 is 1.71 bits per heavy atom. The van der Waals surface area contributed by atoms with E-state index in [4.69, 9.17) is 28.3 Å². The van der Waals surface area contributed by atoms with Gasteiger partial charge in [0.25, 0.3) is 0 Å².